The van der Waals surface area contributed by atoms with E-state index in [1.54, 1.807) is 43.3 Å². The number of allylic oxidation sites excluding steroid dienone is 2. The number of thioether (sulfide) groups is 1. The van der Waals surface area contributed by atoms with E-state index in [0.717, 1.165) is 11.3 Å². The van der Waals surface area contributed by atoms with E-state index in [9.17, 15) is 14.9 Å². The molecule has 0 bridgehead atoms. The number of carbonyl (C=O) groups excluding carboxylic acids is 2. The van der Waals surface area contributed by atoms with Crippen LogP contribution < -0.4 is 20.7 Å². The Kier molecular flexibility index (Phi) is 8.56. The standard InChI is InChI=1S/C29H28N4O4S/c1-4-36-22-12-10-20(11-13-22)32-25(34)17-38-29-23(16-30)27(24-9-6-14-37-24)26(19(3)31-29)28(35)33-21-8-5-7-18(2)15-21/h5-15,27,31H,4,17H2,1-3H3,(H,32,34)(H,33,35)/t27-/m0/s1. The Morgan fingerprint density at radius 3 is 2.53 bits per heavy atom. The number of nitrogens with zero attached hydrogens (tertiary/aromatic N) is 1. The van der Waals surface area contributed by atoms with E-state index in [-0.39, 0.29) is 17.6 Å². The monoisotopic (exact) mass is 528 g/mol. The number of rotatable bonds is 9. The van der Waals surface area contributed by atoms with Crippen LogP contribution in [0.5, 0.6) is 5.75 Å². The summed E-state index contributed by atoms with van der Waals surface area (Å²) in [7, 11) is 0. The lowest BCUT2D eigenvalue weighted by Gasteiger charge is -2.28. The molecule has 0 fully saturated rings. The summed E-state index contributed by atoms with van der Waals surface area (Å²) < 4.78 is 11.1. The third-order valence-electron chi connectivity index (χ3n) is 5.79. The van der Waals surface area contributed by atoms with Gasteiger partial charge < -0.3 is 25.1 Å². The van der Waals surface area contributed by atoms with Gasteiger partial charge in [0.1, 0.15) is 11.5 Å². The molecular weight excluding hydrogens is 500 g/mol. The minimum absolute atomic E-state index is 0.0592. The van der Waals surface area contributed by atoms with Crippen LogP contribution in [0.25, 0.3) is 0 Å². The maximum absolute atomic E-state index is 13.4. The first-order valence-corrected chi connectivity index (χ1v) is 13.1. The molecular formula is C29H28N4O4S. The largest absolute Gasteiger partial charge is 0.494 e. The minimum atomic E-state index is -0.724. The number of dihydropyridines is 1. The SMILES string of the molecule is CCOc1ccc(NC(=O)CSC2=C(C#N)[C@@H](c3ccco3)C(C(=O)Nc3cccc(C)c3)=C(C)N2)cc1. The lowest BCUT2D eigenvalue weighted by molar-refractivity contribution is -0.114. The molecule has 2 amide bonds. The average molecular weight is 529 g/mol. The Hall–Kier alpha value is -4.42. The molecule has 8 nitrogen and oxygen atoms in total. The summed E-state index contributed by atoms with van der Waals surface area (Å²) in [6.07, 6.45) is 1.51. The molecule has 0 saturated heterocycles. The van der Waals surface area contributed by atoms with E-state index in [1.165, 1.54) is 18.0 Å². The molecule has 4 rings (SSSR count). The van der Waals surface area contributed by atoms with Gasteiger partial charge in [0, 0.05) is 17.1 Å². The Balaban J connectivity index is 1.53. The number of anilines is 2. The van der Waals surface area contributed by atoms with E-state index in [0.29, 0.717) is 45.6 Å². The molecule has 1 aliphatic heterocycles. The predicted octanol–water partition coefficient (Wildman–Crippen LogP) is 5.69. The molecule has 0 spiro atoms. The molecule has 38 heavy (non-hydrogen) atoms. The van der Waals surface area contributed by atoms with E-state index in [4.69, 9.17) is 9.15 Å². The normalized spacial score (nSPS) is 14.9. The molecule has 0 radical (unpaired) electrons. The number of nitrogens with one attached hydrogen (secondary N) is 3. The Labute approximate surface area is 225 Å². The zero-order valence-corrected chi connectivity index (χ0v) is 22.1. The second-order valence-corrected chi connectivity index (χ2v) is 9.57. The van der Waals surface area contributed by atoms with Crippen molar-refractivity contribution in [3.63, 3.8) is 0 Å². The van der Waals surface area contributed by atoms with Crippen molar-refractivity contribution in [1.82, 2.24) is 5.32 Å². The fourth-order valence-corrected chi connectivity index (χ4v) is 5.02. The number of hydrogen-bond acceptors (Lipinski definition) is 7. The zero-order valence-electron chi connectivity index (χ0n) is 21.3. The smallest absolute Gasteiger partial charge is 0.254 e. The van der Waals surface area contributed by atoms with Crippen LogP contribution in [0.1, 0.15) is 31.1 Å². The Morgan fingerprint density at radius 1 is 1.08 bits per heavy atom. The fraction of sp³-hybridized carbons (Fsp3) is 0.207. The van der Waals surface area contributed by atoms with Crippen molar-refractivity contribution in [2.45, 2.75) is 26.7 Å². The quantitative estimate of drug-likeness (QED) is 0.326. The molecule has 1 aromatic heterocycles. The molecule has 1 aliphatic rings. The number of furan rings is 1. The molecule has 0 aliphatic carbocycles. The number of benzene rings is 2. The molecule has 194 valence electrons. The van der Waals surface area contributed by atoms with Gasteiger partial charge in [-0.1, -0.05) is 23.9 Å². The fourth-order valence-electron chi connectivity index (χ4n) is 4.12. The molecule has 9 heteroatoms. The number of amides is 2. The van der Waals surface area contributed by atoms with Crippen molar-refractivity contribution >= 4 is 35.0 Å². The van der Waals surface area contributed by atoms with E-state index in [2.05, 4.69) is 22.0 Å². The molecule has 2 heterocycles. The highest BCUT2D eigenvalue weighted by atomic mass is 32.2. The highest BCUT2D eigenvalue weighted by molar-refractivity contribution is 8.03. The Bertz CT molecular complexity index is 1420. The van der Waals surface area contributed by atoms with Gasteiger partial charge in [-0.25, -0.2) is 0 Å². The van der Waals surface area contributed by atoms with Crippen LogP contribution in [0.4, 0.5) is 11.4 Å². The minimum Gasteiger partial charge on any atom is -0.494 e. The van der Waals surface area contributed by atoms with Crippen molar-refractivity contribution in [3.8, 4) is 11.8 Å². The van der Waals surface area contributed by atoms with Gasteiger partial charge in [-0.2, -0.15) is 5.26 Å². The van der Waals surface area contributed by atoms with Gasteiger partial charge in [0.05, 0.1) is 46.8 Å². The molecule has 1 atom stereocenters. The maximum Gasteiger partial charge on any atom is 0.254 e. The maximum atomic E-state index is 13.4. The average Bonchev–Trinajstić information content (AvgIpc) is 3.43. The highest BCUT2D eigenvalue weighted by Gasteiger charge is 2.36. The summed E-state index contributed by atoms with van der Waals surface area (Å²) in [6, 6.07) is 20.3. The topological polar surface area (TPSA) is 116 Å². The van der Waals surface area contributed by atoms with Gasteiger partial charge in [0.15, 0.2) is 0 Å². The molecule has 3 aromatic rings. The molecule has 0 unspecified atom stereocenters. The van der Waals surface area contributed by atoms with E-state index in [1.807, 2.05) is 38.1 Å². The van der Waals surface area contributed by atoms with Crippen LogP contribution in [-0.4, -0.2) is 24.2 Å². The van der Waals surface area contributed by atoms with Gasteiger partial charge in [-0.3, -0.25) is 9.59 Å². The number of ether oxygens (including phenoxy) is 1. The second-order valence-electron chi connectivity index (χ2n) is 8.58. The third-order valence-corrected chi connectivity index (χ3v) is 6.81. The first-order chi connectivity index (χ1) is 18.4. The predicted molar refractivity (Wildman–Crippen MR) is 148 cm³/mol. The summed E-state index contributed by atoms with van der Waals surface area (Å²) in [5.74, 6) is -0.0454. The van der Waals surface area contributed by atoms with Gasteiger partial charge in [0.2, 0.25) is 5.91 Å². The van der Waals surface area contributed by atoms with E-state index < -0.39 is 5.92 Å². The number of nitriles is 1. The van der Waals surface area contributed by atoms with Crippen molar-refractivity contribution in [3.05, 3.63) is 100 Å². The van der Waals surface area contributed by atoms with Crippen molar-refractivity contribution < 1.29 is 18.7 Å². The van der Waals surface area contributed by atoms with Gasteiger partial charge in [0.25, 0.3) is 5.91 Å². The van der Waals surface area contributed by atoms with Crippen LogP contribution in [0, 0.1) is 18.3 Å². The van der Waals surface area contributed by atoms with Crippen LogP contribution in [0.2, 0.25) is 0 Å². The summed E-state index contributed by atoms with van der Waals surface area (Å²) in [6.45, 7) is 6.19. The first-order valence-electron chi connectivity index (χ1n) is 12.1. The first kappa shape index (κ1) is 26.6. The van der Waals surface area contributed by atoms with Crippen molar-refractivity contribution in [2.24, 2.45) is 0 Å². The van der Waals surface area contributed by atoms with Crippen molar-refractivity contribution in [1.29, 1.82) is 5.26 Å². The van der Waals surface area contributed by atoms with Gasteiger partial charge >= 0.3 is 0 Å². The number of carbonyl (C=O) groups is 2. The highest BCUT2D eigenvalue weighted by Crippen LogP contribution is 2.41. The number of aryl methyl sites for hydroxylation is 1. The van der Waals surface area contributed by atoms with Crippen LogP contribution in [-0.2, 0) is 9.59 Å². The zero-order chi connectivity index (χ0) is 27.1. The summed E-state index contributed by atoms with van der Waals surface area (Å²) in [4.78, 5) is 26.1. The van der Waals surface area contributed by atoms with Gasteiger partial charge in [-0.15, -0.1) is 0 Å². The van der Waals surface area contributed by atoms with E-state index >= 15 is 0 Å². The van der Waals surface area contributed by atoms with Crippen molar-refractivity contribution in [2.75, 3.05) is 23.0 Å². The third kappa shape index (κ3) is 6.28. The van der Waals surface area contributed by atoms with Crippen LogP contribution >= 0.6 is 11.8 Å². The Morgan fingerprint density at radius 2 is 1.87 bits per heavy atom. The lowest BCUT2D eigenvalue weighted by atomic mass is 9.85. The molecule has 0 saturated carbocycles. The molecule has 3 N–H and O–H groups in total. The summed E-state index contributed by atoms with van der Waals surface area (Å²) >= 11 is 1.19. The summed E-state index contributed by atoms with van der Waals surface area (Å²) in [5.41, 5.74) is 3.56. The van der Waals surface area contributed by atoms with Crippen LogP contribution in [0.3, 0.4) is 0 Å². The van der Waals surface area contributed by atoms with Gasteiger partial charge in [-0.05, 0) is 74.9 Å². The van der Waals surface area contributed by atoms with Crippen LogP contribution in [0.15, 0.2) is 93.2 Å². The second kappa shape index (κ2) is 12.2. The number of hydrogen-bond donors (Lipinski definition) is 3. The molecule has 2 aromatic carbocycles. The summed E-state index contributed by atoms with van der Waals surface area (Å²) in [5, 5.41) is 19.6. The lowest BCUT2D eigenvalue weighted by Crippen LogP contribution is -2.31.